The van der Waals surface area contributed by atoms with Crippen molar-refractivity contribution in [2.24, 2.45) is 0 Å². The summed E-state index contributed by atoms with van der Waals surface area (Å²) in [6.45, 7) is 1.62. The molecule has 14 nitrogen and oxygen atoms in total. The molecule has 0 radical (unpaired) electrons. The third-order valence-corrected chi connectivity index (χ3v) is 8.08. The Morgan fingerprint density at radius 3 is 2.37 bits per heavy atom. The van der Waals surface area contributed by atoms with Crippen molar-refractivity contribution in [3.63, 3.8) is 0 Å². The number of aromatic nitrogens is 6. The van der Waals surface area contributed by atoms with E-state index in [0.29, 0.717) is 23.5 Å². The van der Waals surface area contributed by atoms with E-state index in [-0.39, 0.29) is 30.5 Å². The van der Waals surface area contributed by atoms with Crippen LogP contribution in [-0.4, -0.2) is 94.5 Å². The Kier molecular flexibility index (Phi) is 9.01. The smallest absolute Gasteiger partial charge is 0.341 e. The lowest BCUT2D eigenvalue weighted by Crippen LogP contribution is -2.44. The molecule has 1 amide bonds. The molecule has 5 N–H and O–H groups in total. The average molecular weight is 627 g/mol. The van der Waals surface area contributed by atoms with Crippen LogP contribution in [0.1, 0.15) is 46.8 Å². The molecule has 0 aliphatic heterocycles. The number of carbonyl (C=O) groups is 2. The summed E-state index contributed by atoms with van der Waals surface area (Å²) in [7, 11) is 0. The Morgan fingerprint density at radius 2 is 1.72 bits per heavy atom. The van der Waals surface area contributed by atoms with Crippen LogP contribution in [0.25, 0.3) is 17.1 Å². The molecule has 1 aliphatic carbocycles. The van der Waals surface area contributed by atoms with E-state index in [0.717, 1.165) is 11.1 Å². The lowest BCUT2D eigenvalue weighted by molar-refractivity contribution is -0.125. The largest absolute Gasteiger partial charge is 0.462 e. The van der Waals surface area contributed by atoms with Crippen molar-refractivity contribution >= 4 is 28.9 Å². The number of benzene rings is 2. The molecule has 0 spiro atoms. The van der Waals surface area contributed by atoms with Crippen molar-refractivity contribution in [3.8, 4) is 5.95 Å². The Hall–Kier alpha value is -5.18. The second kappa shape index (κ2) is 13.4. The molecule has 3 aromatic heterocycles. The number of nitrogens with zero attached hydrogens (tertiary/aromatic N) is 6. The molecule has 46 heavy (non-hydrogen) atoms. The normalized spacial score (nSPS) is 19.4. The zero-order valence-corrected chi connectivity index (χ0v) is 25.0. The van der Waals surface area contributed by atoms with Crippen LogP contribution in [0.3, 0.4) is 0 Å². The number of aliphatic hydroxyl groups excluding tert-OH is 3. The van der Waals surface area contributed by atoms with E-state index < -0.39 is 42.8 Å². The summed E-state index contributed by atoms with van der Waals surface area (Å²) < 4.78 is 8.09. The fraction of sp³-hybridized carbons (Fsp3) is 0.312. The van der Waals surface area contributed by atoms with Crippen molar-refractivity contribution in [2.75, 3.05) is 25.1 Å². The van der Waals surface area contributed by atoms with E-state index in [9.17, 15) is 24.9 Å². The zero-order chi connectivity index (χ0) is 32.2. The molecule has 0 saturated heterocycles. The molecule has 3 heterocycles. The van der Waals surface area contributed by atoms with Gasteiger partial charge in [0.2, 0.25) is 5.91 Å². The summed E-state index contributed by atoms with van der Waals surface area (Å²) in [4.78, 5) is 38.3. The second-order valence-electron chi connectivity index (χ2n) is 11.0. The molecule has 5 aromatic rings. The van der Waals surface area contributed by atoms with Crippen LogP contribution in [0.4, 0.5) is 5.82 Å². The van der Waals surface area contributed by atoms with Gasteiger partial charge in [-0.25, -0.2) is 14.5 Å². The van der Waals surface area contributed by atoms with Crippen molar-refractivity contribution in [2.45, 2.75) is 43.6 Å². The van der Waals surface area contributed by atoms with Crippen molar-refractivity contribution in [1.82, 2.24) is 34.6 Å². The Morgan fingerprint density at radius 1 is 1.02 bits per heavy atom. The first-order valence-corrected chi connectivity index (χ1v) is 14.9. The van der Waals surface area contributed by atoms with Gasteiger partial charge in [0.05, 0.1) is 36.8 Å². The third kappa shape index (κ3) is 6.18. The minimum Gasteiger partial charge on any atom is -0.462 e. The van der Waals surface area contributed by atoms with Gasteiger partial charge in [0, 0.05) is 18.7 Å². The van der Waals surface area contributed by atoms with Gasteiger partial charge in [-0.2, -0.15) is 15.1 Å². The molecular weight excluding hydrogens is 592 g/mol. The monoisotopic (exact) mass is 626 g/mol. The molecule has 6 rings (SSSR count). The summed E-state index contributed by atoms with van der Waals surface area (Å²) in [6, 6.07) is 18.6. The third-order valence-electron chi connectivity index (χ3n) is 8.08. The van der Waals surface area contributed by atoms with Crippen LogP contribution in [0.5, 0.6) is 0 Å². The summed E-state index contributed by atoms with van der Waals surface area (Å²) in [5.41, 5.74) is 3.16. The van der Waals surface area contributed by atoms with Gasteiger partial charge in [0.1, 0.15) is 18.8 Å². The summed E-state index contributed by atoms with van der Waals surface area (Å²) in [5.74, 6) is -0.721. The molecule has 238 valence electrons. The van der Waals surface area contributed by atoms with Gasteiger partial charge in [-0.3, -0.25) is 4.79 Å². The van der Waals surface area contributed by atoms with E-state index in [4.69, 9.17) is 14.7 Å². The van der Waals surface area contributed by atoms with Gasteiger partial charge >= 0.3 is 5.97 Å². The SMILES string of the molecule is CCOC(=O)c1cnn(-c2nc(NCC(c3ccccc3)c3ccccc3)c3ncn([C@@H]4C[C@H](NC(=O)CO)[C@@H](O)[C@H]4O)c3n2)c1. The number of hydrogen-bond donors (Lipinski definition) is 5. The average Bonchev–Trinajstić information content (AvgIpc) is 3.81. The minimum absolute atomic E-state index is 0.0410. The maximum absolute atomic E-state index is 12.4. The predicted octanol–water partition coefficient (Wildman–Crippen LogP) is 1.58. The summed E-state index contributed by atoms with van der Waals surface area (Å²) in [6.07, 6.45) is 1.94. The summed E-state index contributed by atoms with van der Waals surface area (Å²) in [5, 5.41) is 41.2. The second-order valence-corrected chi connectivity index (χ2v) is 11.0. The number of fused-ring (bicyclic) bond motifs is 1. The Bertz CT molecular complexity index is 1770. The maximum atomic E-state index is 12.4. The number of esters is 1. The van der Waals surface area contributed by atoms with Crippen LogP contribution in [0.15, 0.2) is 79.4 Å². The number of ether oxygens (including phenoxy) is 1. The van der Waals surface area contributed by atoms with E-state index in [1.807, 2.05) is 36.4 Å². The van der Waals surface area contributed by atoms with Gasteiger partial charge in [0.25, 0.3) is 5.95 Å². The van der Waals surface area contributed by atoms with Crippen LogP contribution >= 0.6 is 0 Å². The Labute approximate surface area is 263 Å². The molecular formula is C32H34N8O6. The number of amides is 1. The van der Waals surface area contributed by atoms with Crippen molar-refractivity contribution in [3.05, 3.63) is 96.1 Å². The number of carbonyl (C=O) groups excluding carboxylic acids is 2. The fourth-order valence-corrected chi connectivity index (χ4v) is 5.80. The standard InChI is InChI=1S/C32H34N8O6/c1-2-46-31(45)21-14-35-40(16-21)32-37-29(33-15-22(19-9-5-3-6-10-19)20-11-7-4-8-12-20)26-30(38-32)39(18-34-26)24-13-23(27(43)28(24)44)36-25(42)17-41/h3-12,14,16,18,22-24,27-28,41,43-44H,2,13,15,17H2,1H3,(H,36,42)(H,33,37,38)/t23-,24+,27+,28-/m0/s1. The van der Waals surface area contributed by atoms with E-state index >= 15 is 0 Å². The fourth-order valence-electron chi connectivity index (χ4n) is 5.80. The van der Waals surface area contributed by atoms with E-state index in [1.165, 1.54) is 23.4 Å². The predicted molar refractivity (Wildman–Crippen MR) is 166 cm³/mol. The Balaban J connectivity index is 1.40. The van der Waals surface area contributed by atoms with Gasteiger partial charge in [-0.1, -0.05) is 60.7 Å². The van der Waals surface area contributed by atoms with Gasteiger partial charge in [-0.05, 0) is 24.5 Å². The molecule has 14 heteroatoms. The highest BCUT2D eigenvalue weighted by Crippen LogP contribution is 2.35. The number of imidazole rings is 1. The number of nitrogens with one attached hydrogen (secondary N) is 2. The molecule has 0 bridgehead atoms. The number of aliphatic hydroxyl groups is 3. The van der Waals surface area contributed by atoms with Crippen LogP contribution in [-0.2, 0) is 9.53 Å². The molecule has 1 aliphatic rings. The maximum Gasteiger partial charge on any atom is 0.341 e. The van der Waals surface area contributed by atoms with Gasteiger partial charge in [-0.15, -0.1) is 0 Å². The first kappa shape index (κ1) is 30.8. The highest BCUT2D eigenvalue weighted by molar-refractivity contribution is 5.89. The minimum atomic E-state index is -1.28. The van der Waals surface area contributed by atoms with Crippen molar-refractivity contribution in [1.29, 1.82) is 0 Å². The van der Waals surface area contributed by atoms with Crippen LogP contribution in [0.2, 0.25) is 0 Å². The first-order valence-electron chi connectivity index (χ1n) is 14.9. The molecule has 4 atom stereocenters. The number of rotatable bonds is 11. The summed E-state index contributed by atoms with van der Waals surface area (Å²) >= 11 is 0. The van der Waals surface area contributed by atoms with E-state index in [1.54, 1.807) is 11.5 Å². The number of anilines is 1. The number of hydrogen-bond acceptors (Lipinski definition) is 11. The molecule has 1 saturated carbocycles. The van der Waals surface area contributed by atoms with Crippen LogP contribution < -0.4 is 10.6 Å². The molecule has 1 fully saturated rings. The quantitative estimate of drug-likeness (QED) is 0.134. The van der Waals surface area contributed by atoms with Gasteiger partial charge in [0.15, 0.2) is 17.0 Å². The zero-order valence-electron chi connectivity index (χ0n) is 25.0. The topological polar surface area (TPSA) is 190 Å². The van der Waals surface area contributed by atoms with Crippen LogP contribution in [0, 0.1) is 0 Å². The highest BCUT2D eigenvalue weighted by atomic mass is 16.5. The lowest BCUT2D eigenvalue weighted by atomic mass is 9.91. The first-order chi connectivity index (χ1) is 22.4. The van der Waals surface area contributed by atoms with Crippen molar-refractivity contribution < 1.29 is 29.6 Å². The van der Waals surface area contributed by atoms with E-state index in [2.05, 4.69) is 45.0 Å². The van der Waals surface area contributed by atoms with Gasteiger partial charge < -0.3 is 35.3 Å². The molecule has 0 unspecified atom stereocenters. The highest BCUT2D eigenvalue weighted by Gasteiger charge is 2.44. The lowest BCUT2D eigenvalue weighted by Gasteiger charge is -2.20. The molecule has 2 aromatic carbocycles.